The molecule has 2 heterocycles. The van der Waals surface area contributed by atoms with E-state index in [-0.39, 0.29) is 0 Å². The highest BCUT2D eigenvalue weighted by atomic mass is 32.2. The van der Waals surface area contributed by atoms with Crippen LogP contribution in [0.2, 0.25) is 0 Å². The van der Waals surface area contributed by atoms with Crippen LogP contribution >= 0.6 is 11.8 Å². The van der Waals surface area contributed by atoms with Crippen molar-refractivity contribution in [2.24, 2.45) is 7.05 Å². The quantitative estimate of drug-likeness (QED) is 0.767. The van der Waals surface area contributed by atoms with E-state index in [1.54, 1.807) is 17.8 Å². The molecule has 0 spiro atoms. The molecule has 0 saturated heterocycles. The molecular formula is C8H11N7S. The molecule has 7 nitrogen and oxygen atoms in total. The van der Waals surface area contributed by atoms with E-state index in [4.69, 9.17) is 5.73 Å². The predicted molar refractivity (Wildman–Crippen MR) is 58.7 cm³/mol. The van der Waals surface area contributed by atoms with Gasteiger partial charge in [0.05, 0.1) is 0 Å². The van der Waals surface area contributed by atoms with Crippen molar-refractivity contribution in [3.05, 3.63) is 11.9 Å². The average molecular weight is 237 g/mol. The Bertz CT molecular complexity index is 495. The number of aromatic nitrogens is 6. The molecule has 0 atom stereocenters. The first-order chi connectivity index (χ1) is 7.69. The molecule has 2 aromatic rings. The Balaban J connectivity index is 2.28. The molecule has 2 aromatic heterocycles. The number of hydrogen-bond donors (Lipinski definition) is 1. The first-order valence-corrected chi connectivity index (χ1v) is 5.54. The van der Waals surface area contributed by atoms with Gasteiger partial charge in [0.15, 0.2) is 0 Å². The summed E-state index contributed by atoms with van der Waals surface area (Å²) >= 11 is 1.36. The minimum Gasteiger partial charge on any atom is -0.384 e. The fourth-order valence-electron chi connectivity index (χ4n) is 1.10. The number of nitrogens with two attached hydrogens (primary N) is 1. The monoisotopic (exact) mass is 237 g/mol. The zero-order valence-electron chi connectivity index (χ0n) is 8.95. The van der Waals surface area contributed by atoms with Gasteiger partial charge in [-0.2, -0.15) is 0 Å². The molecule has 0 saturated carbocycles. The van der Waals surface area contributed by atoms with Crippen LogP contribution in [0.25, 0.3) is 0 Å². The molecule has 0 aliphatic carbocycles. The van der Waals surface area contributed by atoms with Gasteiger partial charge in [0, 0.05) is 19.5 Å². The molecule has 2 N–H and O–H groups in total. The second kappa shape index (κ2) is 4.44. The summed E-state index contributed by atoms with van der Waals surface area (Å²) in [6.45, 7) is 1.98. The van der Waals surface area contributed by atoms with Crippen LogP contribution in [-0.4, -0.2) is 30.2 Å². The lowest BCUT2D eigenvalue weighted by Gasteiger charge is -2.02. The first-order valence-electron chi connectivity index (χ1n) is 4.72. The van der Waals surface area contributed by atoms with Crippen molar-refractivity contribution in [2.45, 2.75) is 23.5 Å². The van der Waals surface area contributed by atoms with Gasteiger partial charge in [-0.25, -0.2) is 14.6 Å². The fraction of sp³-hybridized carbons (Fsp3) is 0.375. The number of nitrogens with zero attached hydrogens (tertiary/aromatic N) is 6. The molecule has 2 rings (SSSR count). The zero-order valence-corrected chi connectivity index (χ0v) is 9.77. The summed E-state index contributed by atoms with van der Waals surface area (Å²) in [4.78, 5) is 8.43. The third kappa shape index (κ3) is 2.27. The Labute approximate surface area is 96.5 Å². The van der Waals surface area contributed by atoms with E-state index in [0.29, 0.717) is 11.0 Å². The summed E-state index contributed by atoms with van der Waals surface area (Å²) in [6.07, 6.45) is 0.746. The number of tetrazole rings is 1. The highest BCUT2D eigenvalue weighted by Gasteiger charge is 2.08. The molecule has 0 aliphatic heterocycles. The van der Waals surface area contributed by atoms with Crippen molar-refractivity contribution in [1.82, 2.24) is 30.2 Å². The first kappa shape index (κ1) is 10.8. The van der Waals surface area contributed by atoms with Crippen LogP contribution in [0.1, 0.15) is 12.7 Å². The zero-order chi connectivity index (χ0) is 11.5. The van der Waals surface area contributed by atoms with Crippen LogP contribution in [-0.2, 0) is 13.5 Å². The van der Waals surface area contributed by atoms with Crippen LogP contribution in [0, 0.1) is 0 Å². The van der Waals surface area contributed by atoms with Gasteiger partial charge in [0.25, 0.3) is 0 Å². The van der Waals surface area contributed by atoms with E-state index in [1.807, 2.05) is 6.92 Å². The largest absolute Gasteiger partial charge is 0.384 e. The fourth-order valence-corrected chi connectivity index (χ4v) is 1.87. The van der Waals surface area contributed by atoms with E-state index >= 15 is 0 Å². The summed E-state index contributed by atoms with van der Waals surface area (Å²) in [6, 6.07) is 1.71. The SMILES string of the molecule is CCc1nc(N)cc(Sc2nnnn2C)n1. The number of aryl methyl sites for hydroxylation is 2. The van der Waals surface area contributed by atoms with Crippen LogP contribution in [0.4, 0.5) is 5.82 Å². The maximum Gasteiger partial charge on any atom is 0.215 e. The summed E-state index contributed by atoms with van der Waals surface area (Å²) in [5, 5.41) is 12.6. The Morgan fingerprint density at radius 3 is 2.88 bits per heavy atom. The van der Waals surface area contributed by atoms with Crippen molar-refractivity contribution in [3.8, 4) is 0 Å². The Kier molecular flexibility index (Phi) is 3.00. The Morgan fingerprint density at radius 1 is 1.44 bits per heavy atom. The minimum atomic E-state index is 0.462. The third-order valence-electron chi connectivity index (χ3n) is 1.86. The van der Waals surface area contributed by atoms with Crippen molar-refractivity contribution >= 4 is 17.6 Å². The van der Waals surface area contributed by atoms with Crippen molar-refractivity contribution in [2.75, 3.05) is 5.73 Å². The van der Waals surface area contributed by atoms with E-state index in [0.717, 1.165) is 17.3 Å². The number of rotatable bonds is 3. The number of anilines is 1. The standard InChI is InChI=1S/C8H11N7S/c1-3-6-10-5(9)4-7(11-6)16-8-12-13-14-15(8)2/h4H,3H2,1-2H3,(H2,9,10,11). The van der Waals surface area contributed by atoms with Gasteiger partial charge in [0.2, 0.25) is 5.16 Å². The Morgan fingerprint density at radius 2 is 2.25 bits per heavy atom. The van der Waals surface area contributed by atoms with Gasteiger partial charge in [-0.3, -0.25) is 0 Å². The van der Waals surface area contributed by atoms with Gasteiger partial charge >= 0.3 is 0 Å². The lowest BCUT2D eigenvalue weighted by Crippen LogP contribution is -2.00. The normalized spacial score (nSPS) is 10.6. The summed E-state index contributed by atoms with van der Waals surface area (Å²) in [7, 11) is 1.77. The molecule has 0 amide bonds. The second-order valence-electron chi connectivity index (χ2n) is 3.09. The summed E-state index contributed by atoms with van der Waals surface area (Å²) < 4.78 is 1.58. The lowest BCUT2D eigenvalue weighted by atomic mass is 10.4. The van der Waals surface area contributed by atoms with E-state index in [1.165, 1.54) is 11.8 Å². The summed E-state index contributed by atoms with van der Waals surface area (Å²) in [5.74, 6) is 1.18. The van der Waals surface area contributed by atoms with Crippen molar-refractivity contribution in [3.63, 3.8) is 0 Å². The Hall–Kier alpha value is -1.70. The van der Waals surface area contributed by atoms with Crippen LogP contribution in [0.3, 0.4) is 0 Å². The van der Waals surface area contributed by atoms with Gasteiger partial charge in [-0.1, -0.05) is 6.92 Å². The molecule has 0 radical (unpaired) electrons. The average Bonchev–Trinajstić information content (AvgIpc) is 2.63. The smallest absolute Gasteiger partial charge is 0.215 e. The van der Waals surface area contributed by atoms with Crippen molar-refractivity contribution < 1.29 is 0 Å². The van der Waals surface area contributed by atoms with Gasteiger partial charge < -0.3 is 5.73 Å². The van der Waals surface area contributed by atoms with Gasteiger partial charge in [0.1, 0.15) is 16.7 Å². The van der Waals surface area contributed by atoms with Gasteiger partial charge in [-0.15, -0.1) is 5.10 Å². The van der Waals surface area contributed by atoms with Gasteiger partial charge in [-0.05, 0) is 22.2 Å². The highest BCUT2D eigenvalue weighted by Crippen LogP contribution is 2.23. The molecule has 8 heteroatoms. The number of hydrogen-bond acceptors (Lipinski definition) is 7. The molecule has 0 unspecified atom stereocenters. The molecular weight excluding hydrogens is 226 g/mol. The summed E-state index contributed by atoms with van der Waals surface area (Å²) in [5.41, 5.74) is 5.68. The molecule has 84 valence electrons. The predicted octanol–water partition coefficient (Wildman–Crippen LogP) is 0.296. The topological polar surface area (TPSA) is 95.4 Å². The van der Waals surface area contributed by atoms with E-state index < -0.39 is 0 Å². The lowest BCUT2D eigenvalue weighted by molar-refractivity contribution is 0.664. The van der Waals surface area contributed by atoms with Crippen molar-refractivity contribution in [1.29, 1.82) is 0 Å². The third-order valence-corrected chi connectivity index (χ3v) is 2.81. The van der Waals surface area contributed by atoms with Crippen LogP contribution in [0.15, 0.2) is 16.2 Å². The molecule has 16 heavy (non-hydrogen) atoms. The van der Waals surface area contributed by atoms with E-state index in [2.05, 4.69) is 25.5 Å². The maximum atomic E-state index is 5.68. The molecule has 0 aromatic carbocycles. The maximum absolute atomic E-state index is 5.68. The van der Waals surface area contributed by atoms with E-state index in [9.17, 15) is 0 Å². The molecule has 0 aliphatic rings. The second-order valence-corrected chi connectivity index (χ2v) is 4.08. The van der Waals surface area contributed by atoms with Crippen LogP contribution in [0.5, 0.6) is 0 Å². The van der Waals surface area contributed by atoms with Crippen LogP contribution < -0.4 is 5.73 Å². The number of nitrogen functional groups attached to an aromatic ring is 1. The minimum absolute atomic E-state index is 0.462. The highest BCUT2D eigenvalue weighted by molar-refractivity contribution is 7.99. The molecule has 0 bridgehead atoms. The molecule has 0 fully saturated rings.